The maximum atomic E-state index is 12.6. The topological polar surface area (TPSA) is 102 Å². The van der Waals surface area contributed by atoms with Gasteiger partial charge in [-0.05, 0) is 43.2 Å². The summed E-state index contributed by atoms with van der Waals surface area (Å²) in [4.78, 5) is 29.4. The molecular weight excluding hydrogens is 412 g/mol. The first-order chi connectivity index (χ1) is 15.5. The first-order valence-corrected chi connectivity index (χ1v) is 10.4. The smallest absolute Gasteiger partial charge is 0.487 e. The van der Waals surface area contributed by atoms with Crippen LogP contribution in [0.3, 0.4) is 0 Å². The third-order valence-corrected chi connectivity index (χ3v) is 5.32. The number of aromatic nitrogens is 1. The number of aryl methyl sites for hydroxylation is 1. The van der Waals surface area contributed by atoms with Crippen LogP contribution in [-0.4, -0.2) is 39.8 Å². The van der Waals surface area contributed by atoms with Crippen LogP contribution in [0.4, 0.5) is 4.79 Å². The van der Waals surface area contributed by atoms with Gasteiger partial charge in [0.2, 0.25) is 11.8 Å². The number of nitrogens with zero attached hydrogens (tertiary/aromatic N) is 2. The van der Waals surface area contributed by atoms with E-state index in [9.17, 15) is 9.59 Å². The van der Waals surface area contributed by atoms with E-state index in [0.717, 1.165) is 23.2 Å². The minimum atomic E-state index is -1.37. The lowest BCUT2D eigenvalue weighted by Crippen LogP contribution is -2.39. The fraction of sp³-hybridized carbons (Fsp3) is 0.292. The zero-order chi connectivity index (χ0) is 22.5. The van der Waals surface area contributed by atoms with E-state index < -0.39 is 12.4 Å². The molecule has 3 aromatic rings. The van der Waals surface area contributed by atoms with Crippen molar-refractivity contribution in [1.29, 1.82) is 0 Å². The van der Waals surface area contributed by atoms with Gasteiger partial charge in [0.1, 0.15) is 23.8 Å². The Labute approximate surface area is 185 Å². The van der Waals surface area contributed by atoms with E-state index in [1.165, 1.54) is 4.90 Å². The highest BCUT2D eigenvalue weighted by Crippen LogP contribution is 2.23. The Morgan fingerprint density at radius 1 is 1.16 bits per heavy atom. The summed E-state index contributed by atoms with van der Waals surface area (Å²) in [5.41, 5.74) is 2.44. The molecule has 0 bridgehead atoms. The van der Waals surface area contributed by atoms with Crippen LogP contribution in [-0.2, 0) is 22.6 Å². The average Bonchev–Trinajstić information content (AvgIpc) is 3.40. The molecule has 2 aromatic carbocycles. The summed E-state index contributed by atoms with van der Waals surface area (Å²) in [6.45, 7) is 2.62. The van der Waals surface area contributed by atoms with Crippen molar-refractivity contribution in [1.82, 2.24) is 9.88 Å². The molecule has 4 rings (SSSR count). The van der Waals surface area contributed by atoms with Crippen molar-refractivity contribution < 1.29 is 28.6 Å². The molecule has 1 fully saturated rings. The fourth-order valence-corrected chi connectivity index (χ4v) is 3.66. The van der Waals surface area contributed by atoms with Gasteiger partial charge in [0, 0.05) is 18.5 Å². The van der Waals surface area contributed by atoms with Crippen LogP contribution in [0.2, 0.25) is 0 Å². The molecule has 0 spiro atoms. The monoisotopic (exact) mass is 436 g/mol. The molecule has 166 valence electrons. The van der Waals surface area contributed by atoms with Crippen LogP contribution in [0.25, 0.3) is 11.5 Å². The van der Waals surface area contributed by atoms with Gasteiger partial charge in [-0.15, -0.1) is 0 Å². The number of oxazole rings is 1. The maximum absolute atomic E-state index is 12.6. The summed E-state index contributed by atoms with van der Waals surface area (Å²) in [5.74, 6) is 1.75. The number of rotatable bonds is 7. The van der Waals surface area contributed by atoms with E-state index >= 15 is 0 Å². The molecule has 1 atom stereocenters. The highest BCUT2D eigenvalue weighted by molar-refractivity contribution is 5.79. The summed E-state index contributed by atoms with van der Waals surface area (Å²) in [5, 5.41) is 8.82. The minimum absolute atomic E-state index is 0.158. The van der Waals surface area contributed by atoms with Crippen LogP contribution in [0.5, 0.6) is 5.75 Å². The van der Waals surface area contributed by atoms with Crippen LogP contribution in [0.1, 0.15) is 29.9 Å². The lowest BCUT2D eigenvalue weighted by atomic mass is 10.1. The van der Waals surface area contributed by atoms with Gasteiger partial charge in [-0.25, -0.2) is 9.78 Å². The van der Waals surface area contributed by atoms with Crippen molar-refractivity contribution in [3.63, 3.8) is 0 Å². The third kappa shape index (κ3) is 5.08. The fourth-order valence-electron chi connectivity index (χ4n) is 3.66. The maximum Gasteiger partial charge on any atom is 0.507 e. The molecule has 32 heavy (non-hydrogen) atoms. The first kappa shape index (κ1) is 21.4. The zero-order valence-electron chi connectivity index (χ0n) is 17.7. The van der Waals surface area contributed by atoms with Gasteiger partial charge in [-0.3, -0.25) is 4.79 Å². The number of hydrogen-bond donors (Lipinski definition) is 1. The Bertz CT molecular complexity index is 1080. The second kappa shape index (κ2) is 9.55. The molecular formula is C24H24N2O6. The Morgan fingerprint density at radius 3 is 2.62 bits per heavy atom. The highest BCUT2D eigenvalue weighted by Gasteiger charge is 2.31. The van der Waals surface area contributed by atoms with E-state index in [4.69, 9.17) is 19.0 Å². The van der Waals surface area contributed by atoms with Crippen LogP contribution in [0, 0.1) is 6.92 Å². The van der Waals surface area contributed by atoms with Crippen molar-refractivity contribution >= 4 is 12.1 Å². The summed E-state index contributed by atoms with van der Waals surface area (Å²) in [6.07, 6.45) is -0.645. The van der Waals surface area contributed by atoms with Crippen molar-refractivity contribution in [2.45, 2.75) is 39.0 Å². The minimum Gasteiger partial charge on any atom is -0.487 e. The van der Waals surface area contributed by atoms with E-state index in [-0.39, 0.29) is 18.9 Å². The van der Waals surface area contributed by atoms with Crippen LogP contribution in [0.15, 0.2) is 59.0 Å². The lowest BCUT2D eigenvalue weighted by molar-refractivity contribution is -0.138. The number of amides is 1. The summed E-state index contributed by atoms with van der Waals surface area (Å²) in [6, 6.07) is 16.9. The number of carbonyl (C=O) groups excluding carboxylic acids is 1. The molecule has 1 amide bonds. The van der Waals surface area contributed by atoms with Gasteiger partial charge in [0.15, 0.2) is 6.23 Å². The normalized spacial score (nSPS) is 15.5. The standard InChI is InChI=1S/C24H24N2O6/c1-16-20(25-23(31-16)18-6-3-2-4-7-18)15-30-19-11-9-17(10-12-19)14-21(27)26-13-5-8-22(26)32-24(28)29/h2-4,6-7,9-12,22H,5,8,13-15H2,1H3,(H,28,29)/t22-/m1/s1. The predicted octanol–water partition coefficient (Wildman–Crippen LogP) is 4.41. The third-order valence-electron chi connectivity index (χ3n) is 5.32. The molecule has 0 unspecified atom stereocenters. The molecule has 0 aliphatic carbocycles. The van der Waals surface area contributed by atoms with E-state index in [0.29, 0.717) is 30.4 Å². The Kier molecular flexibility index (Phi) is 6.39. The zero-order valence-corrected chi connectivity index (χ0v) is 17.7. The van der Waals surface area contributed by atoms with Gasteiger partial charge in [-0.2, -0.15) is 0 Å². The number of carboxylic acid groups (broad SMARTS) is 1. The molecule has 1 N–H and O–H groups in total. The van der Waals surface area contributed by atoms with Gasteiger partial charge < -0.3 is 23.9 Å². The molecule has 1 aliphatic heterocycles. The van der Waals surface area contributed by atoms with Gasteiger partial charge in [-0.1, -0.05) is 30.3 Å². The predicted molar refractivity (Wildman–Crippen MR) is 115 cm³/mol. The molecule has 2 heterocycles. The van der Waals surface area contributed by atoms with Gasteiger partial charge in [0.25, 0.3) is 0 Å². The number of carbonyl (C=O) groups is 2. The van der Waals surface area contributed by atoms with E-state index in [1.54, 1.807) is 12.1 Å². The number of ether oxygens (including phenoxy) is 2. The Balaban J connectivity index is 1.33. The number of benzene rings is 2. The van der Waals surface area contributed by atoms with E-state index in [1.807, 2.05) is 49.4 Å². The first-order valence-electron chi connectivity index (χ1n) is 10.4. The average molecular weight is 436 g/mol. The van der Waals surface area contributed by atoms with Crippen LogP contribution < -0.4 is 4.74 Å². The quantitative estimate of drug-likeness (QED) is 0.547. The van der Waals surface area contributed by atoms with Gasteiger partial charge >= 0.3 is 6.16 Å². The van der Waals surface area contributed by atoms with Crippen molar-refractivity contribution in [3.05, 3.63) is 71.6 Å². The molecule has 8 heteroatoms. The number of likely N-dealkylation sites (tertiary alicyclic amines) is 1. The summed E-state index contributed by atoms with van der Waals surface area (Å²) >= 11 is 0. The molecule has 0 radical (unpaired) electrons. The second-order valence-corrected chi connectivity index (χ2v) is 7.57. The molecule has 1 saturated heterocycles. The van der Waals surface area contributed by atoms with Crippen molar-refractivity contribution in [2.24, 2.45) is 0 Å². The lowest BCUT2D eigenvalue weighted by Gasteiger charge is -2.23. The molecule has 1 aliphatic rings. The van der Waals surface area contributed by atoms with Crippen LogP contribution >= 0.6 is 0 Å². The highest BCUT2D eigenvalue weighted by atomic mass is 16.7. The summed E-state index contributed by atoms with van der Waals surface area (Å²) < 4.78 is 16.4. The van der Waals surface area contributed by atoms with Gasteiger partial charge in [0.05, 0.1) is 6.42 Å². The Morgan fingerprint density at radius 2 is 1.91 bits per heavy atom. The molecule has 0 saturated carbocycles. The molecule has 8 nitrogen and oxygen atoms in total. The SMILES string of the molecule is Cc1oc(-c2ccccc2)nc1COc1ccc(CC(=O)N2CCC[C@H]2OC(=O)O)cc1. The Hall–Kier alpha value is -3.81. The largest absolute Gasteiger partial charge is 0.507 e. The van der Waals surface area contributed by atoms with Crippen molar-refractivity contribution in [3.8, 4) is 17.2 Å². The number of hydrogen-bond acceptors (Lipinski definition) is 6. The molecule has 1 aromatic heterocycles. The van der Waals surface area contributed by atoms with E-state index in [2.05, 4.69) is 4.98 Å². The second-order valence-electron chi connectivity index (χ2n) is 7.57. The van der Waals surface area contributed by atoms with Crippen molar-refractivity contribution in [2.75, 3.05) is 6.54 Å². The summed E-state index contributed by atoms with van der Waals surface area (Å²) in [7, 11) is 0.